The number of Topliss-reactive ketones (excluding diaryl/α,β-unsaturated/α-hetero) is 1. The van der Waals surface area contributed by atoms with Crippen LogP contribution in [0, 0.1) is 0 Å². The molecule has 2 aromatic carbocycles. The second-order valence-electron chi connectivity index (χ2n) is 6.86. The summed E-state index contributed by atoms with van der Waals surface area (Å²) < 4.78 is 5.72. The van der Waals surface area contributed by atoms with E-state index in [0.717, 1.165) is 29.0 Å². The van der Waals surface area contributed by atoms with Gasteiger partial charge in [-0.2, -0.15) is 0 Å². The average Bonchev–Trinajstić information content (AvgIpc) is 2.83. The Balaban J connectivity index is 1.61. The number of para-hydroxylation sites is 1. The van der Waals surface area contributed by atoms with E-state index >= 15 is 0 Å². The summed E-state index contributed by atoms with van der Waals surface area (Å²) in [7, 11) is 0. The third kappa shape index (κ3) is 5.36. The third-order valence-corrected chi connectivity index (χ3v) is 5.83. The molecule has 0 spiro atoms. The molecule has 0 saturated heterocycles. The molecule has 142 valence electrons. The summed E-state index contributed by atoms with van der Waals surface area (Å²) in [6, 6.07) is 15.7. The summed E-state index contributed by atoms with van der Waals surface area (Å²) in [5, 5.41) is 0.479. The van der Waals surface area contributed by atoms with Crippen LogP contribution in [-0.4, -0.2) is 30.1 Å². The zero-order valence-corrected chi connectivity index (χ0v) is 16.6. The van der Waals surface area contributed by atoms with Gasteiger partial charge in [-0.1, -0.05) is 31.2 Å². The summed E-state index contributed by atoms with van der Waals surface area (Å²) in [5.41, 5.74) is 2.07. The fraction of sp³-hybridized carbons (Fsp3) is 0.364. The topological polar surface area (TPSA) is 46.6 Å². The highest BCUT2D eigenvalue weighted by atomic mass is 32.2. The monoisotopic (exact) mass is 383 g/mol. The summed E-state index contributed by atoms with van der Waals surface area (Å²) in [6.45, 7) is 4.51. The quantitative estimate of drug-likeness (QED) is 0.737. The number of fused-ring (bicyclic) bond motifs is 1. The van der Waals surface area contributed by atoms with Gasteiger partial charge in [-0.25, -0.2) is 0 Å². The summed E-state index contributed by atoms with van der Waals surface area (Å²) in [5.74, 6) is 0.824. The number of hydrogen-bond acceptors (Lipinski definition) is 4. The number of ketones is 1. The molecule has 0 aliphatic carbocycles. The van der Waals surface area contributed by atoms with E-state index in [1.807, 2.05) is 59.1 Å². The Bertz CT molecular complexity index is 803. The highest BCUT2D eigenvalue weighted by molar-refractivity contribution is 8.00. The van der Waals surface area contributed by atoms with Gasteiger partial charge in [0, 0.05) is 23.1 Å². The summed E-state index contributed by atoms with van der Waals surface area (Å²) in [4.78, 5) is 26.9. The normalized spacial score (nSPS) is 16.4. The molecule has 5 heteroatoms. The lowest BCUT2D eigenvalue weighted by Gasteiger charge is -2.22. The van der Waals surface area contributed by atoms with Crippen molar-refractivity contribution in [1.29, 1.82) is 0 Å². The zero-order valence-electron chi connectivity index (χ0n) is 15.8. The van der Waals surface area contributed by atoms with Crippen LogP contribution in [0.2, 0.25) is 0 Å². The van der Waals surface area contributed by atoms with Crippen LogP contribution in [0.4, 0.5) is 5.69 Å². The summed E-state index contributed by atoms with van der Waals surface area (Å²) >= 11 is 1.82. The molecule has 1 heterocycles. The first kappa shape index (κ1) is 19.5. The van der Waals surface area contributed by atoms with Crippen molar-refractivity contribution in [2.45, 2.75) is 43.3 Å². The predicted octanol–water partition coefficient (Wildman–Crippen LogP) is 4.50. The Labute approximate surface area is 164 Å². The number of ether oxygens (including phenoxy) is 1. The number of aryl methyl sites for hydroxylation is 1. The fourth-order valence-corrected chi connectivity index (χ4v) is 4.15. The number of nitrogens with zero attached hydrogens (tertiary/aromatic N) is 1. The standard InChI is InChI=1S/C22H25NO3S/c1-16(24)7-8-18-9-11-19(12-10-18)26-15-22(25)23-14-13-17(2)27-21-6-4-3-5-20(21)23/h3-6,9-12,17H,7-8,13-15H2,1-2H3. The van der Waals surface area contributed by atoms with Crippen molar-refractivity contribution in [3.05, 3.63) is 54.1 Å². The van der Waals surface area contributed by atoms with Gasteiger partial charge in [0.05, 0.1) is 5.69 Å². The molecule has 1 amide bonds. The molecule has 1 atom stereocenters. The SMILES string of the molecule is CC(=O)CCc1ccc(OCC(=O)N2CCC(C)Sc3ccccc32)cc1. The van der Waals surface area contributed by atoms with E-state index in [4.69, 9.17) is 4.74 Å². The molecule has 0 fully saturated rings. The van der Waals surface area contributed by atoms with Gasteiger partial charge >= 0.3 is 0 Å². The number of benzene rings is 2. The van der Waals surface area contributed by atoms with Crippen molar-refractivity contribution in [2.75, 3.05) is 18.1 Å². The Hall–Kier alpha value is -2.27. The number of rotatable bonds is 6. The minimum Gasteiger partial charge on any atom is -0.484 e. The Morgan fingerprint density at radius 2 is 1.89 bits per heavy atom. The van der Waals surface area contributed by atoms with Gasteiger partial charge in [-0.3, -0.25) is 4.79 Å². The number of carbonyl (C=O) groups excluding carboxylic acids is 2. The minimum atomic E-state index is -0.0298. The Morgan fingerprint density at radius 3 is 2.63 bits per heavy atom. The number of anilines is 1. The van der Waals surface area contributed by atoms with Crippen LogP contribution in [0.1, 0.15) is 32.3 Å². The second-order valence-corrected chi connectivity index (χ2v) is 8.35. The van der Waals surface area contributed by atoms with Crippen LogP contribution in [0.25, 0.3) is 0 Å². The lowest BCUT2D eigenvalue weighted by atomic mass is 10.1. The molecule has 4 nitrogen and oxygen atoms in total. The molecule has 27 heavy (non-hydrogen) atoms. The number of hydrogen-bond donors (Lipinski definition) is 0. The number of carbonyl (C=O) groups is 2. The summed E-state index contributed by atoms with van der Waals surface area (Å²) in [6.07, 6.45) is 2.23. The van der Waals surface area contributed by atoms with Crippen LogP contribution >= 0.6 is 11.8 Å². The molecule has 0 aromatic heterocycles. The molecule has 0 saturated carbocycles. The van der Waals surface area contributed by atoms with E-state index in [1.165, 1.54) is 0 Å². The Morgan fingerprint density at radius 1 is 1.15 bits per heavy atom. The molecular formula is C22H25NO3S. The van der Waals surface area contributed by atoms with Gasteiger partial charge < -0.3 is 14.4 Å². The van der Waals surface area contributed by atoms with Crippen LogP contribution in [0.5, 0.6) is 5.75 Å². The van der Waals surface area contributed by atoms with Crippen molar-refractivity contribution < 1.29 is 14.3 Å². The first-order chi connectivity index (χ1) is 13.0. The molecule has 1 unspecified atom stereocenters. The van der Waals surface area contributed by atoms with E-state index < -0.39 is 0 Å². The predicted molar refractivity (Wildman–Crippen MR) is 110 cm³/mol. The van der Waals surface area contributed by atoms with Crippen LogP contribution < -0.4 is 9.64 Å². The van der Waals surface area contributed by atoms with Crippen molar-refractivity contribution in [2.24, 2.45) is 0 Å². The van der Waals surface area contributed by atoms with Gasteiger partial charge in [0.25, 0.3) is 5.91 Å². The van der Waals surface area contributed by atoms with E-state index in [1.54, 1.807) is 6.92 Å². The van der Waals surface area contributed by atoms with Crippen molar-refractivity contribution in [3.8, 4) is 5.75 Å². The van der Waals surface area contributed by atoms with Gasteiger partial charge in [0.1, 0.15) is 11.5 Å². The molecule has 3 rings (SSSR count). The third-order valence-electron chi connectivity index (χ3n) is 4.60. The second kappa shape index (κ2) is 9.09. The van der Waals surface area contributed by atoms with E-state index in [0.29, 0.717) is 24.0 Å². The largest absolute Gasteiger partial charge is 0.484 e. The zero-order chi connectivity index (χ0) is 19.2. The van der Waals surface area contributed by atoms with Crippen molar-refractivity contribution >= 4 is 29.1 Å². The lowest BCUT2D eigenvalue weighted by molar-refractivity contribution is -0.120. The molecule has 1 aliphatic rings. The first-order valence-corrected chi connectivity index (χ1v) is 10.2. The number of thioether (sulfide) groups is 1. The van der Waals surface area contributed by atoms with E-state index in [-0.39, 0.29) is 18.3 Å². The number of amides is 1. The lowest BCUT2D eigenvalue weighted by Crippen LogP contribution is -2.36. The first-order valence-electron chi connectivity index (χ1n) is 9.30. The minimum absolute atomic E-state index is 0.0141. The maximum atomic E-state index is 12.8. The van der Waals surface area contributed by atoms with Gasteiger partial charge in [-0.15, -0.1) is 11.8 Å². The molecule has 0 N–H and O–H groups in total. The average molecular weight is 384 g/mol. The molecule has 1 aliphatic heterocycles. The van der Waals surface area contributed by atoms with Crippen molar-refractivity contribution in [1.82, 2.24) is 0 Å². The van der Waals surface area contributed by atoms with Crippen LogP contribution in [0.3, 0.4) is 0 Å². The van der Waals surface area contributed by atoms with Crippen molar-refractivity contribution in [3.63, 3.8) is 0 Å². The molecule has 2 aromatic rings. The molecule has 0 radical (unpaired) electrons. The highest BCUT2D eigenvalue weighted by Crippen LogP contribution is 2.37. The maximum absolute atomic E-state index is 12.8. The highest BCUT2D eigenvalue weighted by Gasteiger charge is 2.24. The maximum Gasteiger partial charge on any atom is 0.264 e. The van der Waals surface area contributed by atoms with Gasteiger partial charge in [0.2, 0.25) is 0 Å². The molecular weight excluding hydrogens is 358 g/mol. The molecule has 0 bridgehead atoms. The van der Waals surface area contributed by atoms with Gasteiger partial charge in [-0.05, 0) is 49.6 Å². The fourth-order valence-electron chi connectivity index (χ4n) is 3.04. The Kier molecular flexibility index (Phi) is 6.56. The van der Waals surface area contributed by atoms with Crippen LogP contribution in [-0.2, 0) is 16.0 Å². The van der Waals surface area contributed by atoms with Crippen LogP contribution in [0.15, 0.2) is 53.4 Å². The smallest absolute Gasteiger partial charge is 0.264 e. The van der Waals surface area contributed by atoms with E-state index in [2.05, 4.69) is 13.0 Å². The van der Waals surface area contributed by atoms with Gasteiger partial charge in [0.15, 0.2) is 6.61 Å². The van der Waals surface area contributed by atoms with E-state index in [9.17, 15) is 9.59 Å².